The summed E-state index contributed by atoms with van der Waals surface area (Å²) >= 11 is 0. The van der Waals surface area contributed by atoms with E-state index in [4.69, 9.17) is 14.2 Å². The Morgan fingerprint density at radius 1 is 1.08 bits per heavy atom. The molecule has 0 atom stereocenters. The summed E-state index contributed by atoms with van der Waals surface area (Å²) in [7, 11) is 0. The number of hydrogen-bond acceptors (Lipinski definition) is 7. The van der Waals surface area contributed by atoms with Crippen molar-refractivity contribution in [3.05, 3.63) is 23.8 Å². The quantitative estimate of drug-likeness (QED) is 0.456. The van der Waals surface area contributed by atoms with Crippen molar-refractivity contribution in [2.24, 2.45) is 0 Å². The fourth-order valence-corrected chi connectivity index (χ4v) is 1.60. The number of carbonyl (C=O) groups is 3. The van der Waals surface area contributed by atoms with E-state index in [1.807, 2.05) is 6.92 Å². The van der Waals surface area contributed by atoms with E-state index in [9.17, 15) is 19.5 Å². The molecule has 0 aliphatic rings. The highest BCUT2D eigenvalue weighted by Crippen LogP contribution is 2.25. The molecule has 0 amide bonds. The molecule has 0 unspecified atom stereocenters. The molecule has 25 heavy (non-hydrogen) atoms. The van der Waals surface area contributed by atoms with Crippen molar-refractivity contribution < 1.29 is 33.7 Å². The predicted octanol–water partition coefficient (Wildman–Crippen LogP) is 2.88. The molecule has 0 heterocycles. The van der Waals surface area contributed by atoms with Gasteiger partial charge in [-0.2, -0.15) is 0 Å². The maximum absolute atomic E-state index is 10.9. The van der Waals surface area contributed by atoms with Crippen LogP contribution in [-0.2, 0) is 19.1 Å². The highest BCUT2D eigenvalue weighted by Gasteiger charge is 2.14. The maximum Gasteiger partial charge on any atom is 0.317 e. The summed E-state index contributed by atoms with van der Waals surface area (Å²) in [4.78, 5) is 32.2. The van der Waals surface area contributed by atoms with Crippen LogP contribution in [0.1, 0.15) is 51.4 Å². The summed E-state index contributed by atoms with van der Waals surface area (Å²) < 4.78 is 14.6. The Hall–Kier alpha value is -2.57. The third kappa shape index (κ3) is 10.8. The summed E-state index contributed by atoms with van der Waals surface area (Å²) in [6, 6.07) is 4.48. The van der Waals surface area contributed by atoms with Crippen molar-refractivity contribution in [1.82, 2.24) is 0 Å². The predicted molar refractivity (Wildman–Crippen MR) is 91.7 cm³/mol. The number of benzene rings is 1. The van der Waals surface area contributed by atoms with Crippen molar-refractivity contribution in [3.63, 3.8) is 0 Å². The third-order valence-corrected chi connectivity index (χ3v) is 2.44. The van der Waals surface area contributed by atoms with Crippen LogP contribution in [0.15, 0.2) is 18.2 Å². The molecular weight excluding hydrogens is 328 g/mol. The van der Waals surface area contributed by atoms with Gasteiger partial charge in [0.25, 0.3) is 0 Å². The molecular formula is C18H26O7. The smallest absolute Gasteiger partial charge is 0.317 e. The van der Waals surface area contributed by atoms with Crippen LogP contribution in [-0.4, -0.2) is 42.1 Å². The van der Waals surface area contributed by atoms with Gasteiger partial charge in [0.05, 0.1) is 18.8 Å². The Balaban J connectivity index is 0.000000462. The van der Waals surface area contributed by atoms with Crippen LogP contribution in [0.4, 0.5) is 0 Å². The van der Waals surface area contributed by atoms with Gasteiger partial charge in [0, 0.05) is 5.56 Å². The molecule has 0 fully saturated rings. The van der Waals surface area contributed by atoms with E-state index in [-0.39, 0.29) is 24.4 Å². The molecule has 1 rings (SSSR count). The third-order valence-electron chi connectivity index (χ3n) is 2.44. The second kappa shape index (κ2) is 11.9. The SMILES string of the molecule is CC(C)OC(=O)CC(=O)OC(C)C.CCOc1cc(C=O)ccc1O. The van der Waals surface area contributed by atoms with E-state index < -0.39 is 11.9 Å². The lowest BCUT2D eigenvalue weighted by Crippen LogP contribution is -2.19. The van der Waals surface area contributed by atoms with Crippen molar-refractivity contribution in [2.45, 2.75) is 53.2 Å². The fraction of sp³-hybridized carbons (Fsp3) is 0.500. The first-order chi connectivity index (χ1) is 11.7. The Morgan fingerprint density at radius 2 is 1.60 bits per heavy atom. The number of hydrogen-bond donors (Lipinski definition) is 1. The first kappa shape index (κ1) is 22.4. The largest absolute Gasteiger partial charge is 0.504 e. The average molecular weight is 354 g/mol. The van der Waals surface area contributed by atoms with Crippen LogP contribution >= 0.6 is 0 Å². The zero-order valence-corrected chi connectivity index (χ0v) is 15.3. The lowest BCUT2D eigenvalue weighted by atomic mass is 10.2. The fourth-order valence-electron chi connectivity index (χ4n) is 1.60. The minimum atomic E-state index is -0.541. The topological polar surface area (TPSA) is 99.1 Å². The minimum absolute atomic E-state index is 0.0578. The van der Waals surface area contributed by atoms with Crippen molar-refractivity contribution in [2.75, 3.05) is 6.61 Å². The van der Waals surface area contributed by atoms with Gasteiger partial charge in [-0.25, -0.2) is 0 Å². The molecule has 0 bridgehead atoms. The van der Waals surface area contributed by atoms with Gasteiger partial charge >= 0.3 is 11.9 Å². The molecule has 0 saturated carbocycles. The number of aldehydes is 1. The van der Waals surface area contributed by atoms with Gasteiger partial charge in [0.15, 0.2) is 11.5 Å². The van der Waals surface area contributed by atoms with Crippen LogP contribution < -0.4 is 4.74 Å². The molecule has 7 nitrogen and oxygen atoms in total. The summed E-state index contributed by atoms with van der Waals surface area (Å²) in [5.41, 5.74) is 0.497. The van der Waals surface area contributed by atoms with Gasteiger partial charge in [0.2, 0.25) is 0 Å². The summed E-state index contributed by atoms with van der Waals surface area (Å²) in [6.45, 7) is 9.19. The van der Waals surface area contributed by atoms with Crippen molar-refractivity contribution in [3.8, 4) is 11.5 Å². The summed E-state index contributed by atoms with van der Waals surface area (Å²) in [5.74, 6) is -0.675. The lowest BCUT2D eigenvalue weighted by molar-refractivity contribution is -0.158. The van der Waals surface area contributed by atoms with Crippen LogP contribution in [0.2, 0.25) is 0 Å². The normalized spacial score (nSPS) is 9.88. The van der Waals surface area contributed by atoms with Gasteiger partial charge in [-0.1, -0.05) is 0 Å². The first-order valence-corrected chi connectivity index (χ1v) is 7.99. The van der Waals surface area contributed by atoms with E-state index in [0.29, 0.717) is 24.2 Å². The second-order valence-corrected chi connectivity index (χ2v) is 5.53. The second-order valence-electron chi connectivity index (χ2n) is 5.53. The minimum Gasteiger partial charge on any atom is -0.504 e. The van der Waals surface area contributed by atoms with E-state index in [1.165, 1.54) is 18.2 Å². The summed E-state index contributed by atoms with van der Waals surface area (Å²) in [5, 5.41) is 9.22. The molecule has 1 aromatic carbocycles. The van der Waals surface area contributed by atoms with Crippen LogP contribution in [0.5, 0.6) is 11.5 Å². The number of phenolic OH excluding ortho intramolecular Hbond substituents is 1. The molecule has 0 aliphatic heterocycles. The Morgan fingerprint density at radius 3 is 2.00 bits per heavy atom. The maximum atomic E-state index is 10.9. The Bertz CT molecular complexity index is 545. The molecule has 1 N–H and O–H groups in total. The number of ether oxygens (including phenoxy) is 3. The van der Waals surface area contributed by atoms with E-state index >= 15 is 0 Å². The Labute approximate surface area is 147 Å². The van der Waals surface area contributed by atoms with E-state index in [0.717, 1.165) is 0 Å². The molecule has 0 spiro atoms. The molecule has 0 aromatic heterocycles. The molecule has 0 aliphatic carbocycles. The van der Waals surface area contributed by atoms with Gasteiger partial charge in [-0.05, 0) is 52.8 Å². The highest BCUT2D eigenvalue weighted by atomic mass is 16.6. The Kier molecular flexibility index (Phi) is 10.7. The number of phenols is 1. The molecule has 140 valence electrons. The van der Waals surface area contributed by atoms with Crippen LogP contribution in [0.3, 0.4) is 0 Å². The molecule has 0 radical (unpaired) electrons. The average Bonchev–Trinajstić information content (AvgIpc) is 2.48. The molecule has 0 saturated heterocycles. The highest BCUT2D eigenvalue weighted by molar-refractivity contribution is 5.91. The number of aromatic hydroxyl groups is 1. The molecule has 1 aromatic rings. The zero-order valence-electron chi connectivity index (χ0n) is 15.3. The van der Waals surface area contributed by atoms with Crippen LogP contribution in [0.25, 0.3) is 0 Å². The van der Waals surface area contributed by atoms with Crippen molar-refractivity contribution >= 4 is 18.2 Å². The lowest BCUT2D eigenvalue weighted by Gasteiger charge is -2.09. The van der Waals surface area contributed by atoms with E-state index in [1.54, 1.807) is 27.7 Å². The van der Waals surface area contributed by atoms with Gasteiger partial charge < -0.3 is 19.3 Å². The molecule has 7 heteroatoms. The monoisotopic (exact) mass is 354 g/mol. The standard InChI is InChI=1S/C9H16O4.C9H10O3/c1-6(2)12-8(10)5-9(11)13-7(3)4;1-2-12-9-5-7(6-10)3-4-8(9)11/h6-7H,5H2,1-4H3;3-6,11H,2H2,1H3. The van der Waals surface area contributed by atoms with Crippen LogP contribution in [0, 0.1) is 0 Å². The summed E-state index contributed by atoms with van der Waals surface area (Å²) in [6.07, 6.45) is 0.0110. The van der Waals surface area contributed by atoms with Gasteiger partial charge in [-0.3, -0.25) is 14.4 Å². The number of esters is 2. The van der Waals surface area contributed by atoms with Gasteiger partial charge in [-0.15, -0.1) is 0 Å². The van der Waals surface area contributed by atoms with E-state index in [2.05, 4.69) is 0 Å². The first-order valence-electron chi connectivity index (χ1n) is 7.99. The number of rotatable bonds is 7. The van der Waals surface area contributed by atoms with Crippen molar-refractivity contribution in [1.29, 1.82) is 0 Å². The van der Waals surface area contributed by atoms with Gasteiger partial charge in [0.1, 0.15) is 12.7 Å². The zero-order chi connectivity index (χ0) is 19.4. The number of carbonyl (C=O) groups excluding carboxylic acids is 3.